The maximum atomic E-state index is 13.0. The Balaban J connectivity index is 1.32. The molecule has 0 spiro atoms. The number of benzene rings is 2. The van der Waals surface area contributed by atoms with Gasteiger partial charge in [-0.25, -0.2) is 0 Å². The van der Waals surface area contributed by atoms with E-state index in [4.69, 9.17) is 4.74 Å². The van der Waals surface area contributed by atoms with Gasteiger partial charge in [-0.15, -0.1) is 0 Å². The zero-order valence-electron chi connectivity index (χ0n) is 18.6. The molecule has 0 saturated carbocycles. The smallest absolute Gasteiger partial charge is 0.251 e. The van der Waals surface area contributed by atoms with E-state index < -0.39 is 0 Å². The molecule has 1 atom stereocenters. The van der Waals surface area contributed by atoms with E-state index in [0.717, 1.165) is 42.2 Å². The molecule has 1 saturated heterocycles. The lowest BCUT2D eigenvalue weighted by molar-refractivity contribution is 0.0919. The molecule has 1 fully saturated rings. The summed E-state index contributed by atoms with van der Waals surface area (Å²) in [5.41, 5.74) is 4.32. The van der Waals surface area contributed by atoms with Crippen LogP contribution in [0.5, 0.6) is 5.75 Å². The summed E-state index contributed by atoms with van der Waals surface area (Å²) in [4.78, 5) is 13.0. The van der Waals surface area contributed by atoms with Gasteiger partial charge in [0.1, 0.15) is 11.9 Å². The summed E-state index contributed by atoms with van der Waals surface area (Å²) < 4.78 is 7.99. The molecule has 0 bridgehead atoms. The first kappa shape index (κ1) is 21.1. The summed E-state index contributed by atoms with van der Waals surface area (Å²) in [7, 11) is 0. The Morgan fingerprint density at radius 2 is 1.91 bits per heavy atom. The molecule has 6 heteroatoms. The van der Waals surface area contributed by atoms with E-state index in [1.165, 1.54) is 11.3 Å². The Bertz CT molecular complexity index is 1090. The van der Waals surface area contributed by atoms with Crippen LogP contribution in [-0.4, -0.2) is 33.3 Å². The van der Waals surface area contributed by atoms with Crippen molar-refractivity contribution in [3.05, 3.63) is 83.2 Å². The highest BCUT2D eigenvalue weighted by atomic mass is 32.2. The minimum absolute atomic E-state index is 0.0475. The average Bonchev–Trinajstić information content (AvgIpc) is 3.13. The molecule has 2 heterocycles. The minimum atomic E-state index is -0.0554. The van der Waals surface area contributed by atoms with Crippen LogP contribution < -0.4 is 10.1 Å². The van der Waals surface area contributed by atoms with Crippen LogP contribution >= 0.6 is 11.8 Å². The lowest BCUT2D eigenvalue weighted by atomic mass is 9.74. The van der Waals surface area contributed by atoms with E-state index in [9.17, 15) is 4.79 Å². The van der Waals surface area contributed by atoms with Crippen LogP contribution in [0.2, 0.25) is 0 Å². The predicted molar refractivity (Wildman–Crippen MR) is 128 cm³/mol. The lowest BCUT2D eigenvalue weighted by Crippen LogP contribution is -2.37. The monoisotopic (exact) mass is 447 g/mol. The summed E-state index contributed by atoms with van der Waals surface area (Å²) in [6, 6.07) is 17.8. The van der Waals surface area contributed by atoms with Gasteiger partial charge in [-0.3, -0.25) is 9.48 Å². The largest absolute Gasteiger partial charge is 0.489 e. The number of nitrogens with one attached hydrogen (secondary N) is 1. The number of aromatic nitrogens is 2. The molecule has 1 aliphatic carbocycles. The number of carbonyl (C=O) groups is 1. The number of ether oxygens (including phenoxy) is 1. The van der Waals surface area contributed by atoms with E-state index in [0.29, 0.717) is 11.7 Å². The van der Waals surface area contributed by atoms with Crippen molar-refractivity contribution >= 4 is 17.7 Å². The second kappa shape index (κ2) is 8.66. The minimum Gasteiger partial charge on any atom is -0.489 e. The van der Waals surface area contributed by atoms with Crippen LogP contribution in [0.25, 0.3) is 0 Å². The van der Waals surface area contributed by atoms with Gasteiger partial charge in [0.2, 0.25) is 0 Å². The molecule has 1 aliphatic heterocycles. The number of rotatable bonds is 6. The van der Waals surface area contributed by atoms with Gasteiger partial charge in [-0.05, 0) is 48.1 Å². The van der Waals surface area contributed by atoms with Crippen molar-refractivity contribution in [2.24, 2.45) is 5.41 Å². The van der Waals surface area contributed by atoms with Gasteiger partial charge < -0.3 is 10.1 Å². The fraction of sp³-hybridized carbons (Fsp3) is 0.385. The van der Waals surface area contributed by atoms with Crippen LogP contribution in [0, 0.1) is 5.41 Å². The Morgan fingerprint density at radius 1 is 1.16 bits per heavy atom. The summed E-state index contributed by atoms with van der Waals surface area (Å²) in [6.07, 6.45) is 4.08. The third-order valence-electron chi connectivity index (χ3n) is 6.27. The highest BCUT2D eigenvalue weighted by Crippen LogP contribution is 2.41. The van der Waals surface area contributed by atoms with Crippen molar-refractivity contribution < 1.29 is 9.53 Å². The molecule has 32 heavy (non-hydrogen) atoms. The number of hydrogen-bond acceptors (Lipinski definition) is 4. The van der Waals surface area contributed by atoms with Crippen molar-refractivity contribution in [3.63, 3.8) is 0 Å². The maximum Gasteiger partial charge on any atom is 0.251 e. The van der Waals surface area contributed by atoms with Gasteiger partial charge in [0, 0.05) is 28.3 Å². The number of nitrogens with zero attached hydrogens (tertiary/aromatic N) is 2. The molecular weight excluding hydrogens is 418 g/mol. The Hall–Kier alpha value is -2.73. The molecule has 0 radical (unpaired) electrons. The normalized spacial score (nSPS) is 19.6. The molecule has 1 aromatic heterocycles. The fourth-order valence-electron chi connectivity index (χ4n) is 4.52. The van der Waals surface area contributed by atoms with E-state index in [1.54, 1.807) is 0 Å². The van der Waals surface area contributed by atoms with E-state index in [2.05, 4.69) is 53.2 Å². The predicted octanol–water partition coefficient (Wildman–Crippen LogP) is 4.87. The number of hydrogen-bond donors (Lipinski definition) is 1. The van der Waals surface area contributed by atoms with Gasteiger partial charge in [0.05, 0.1) is 18.8 Å². The van der Waals surface area contributed by atoms with E-state index >= 15 is 0 Å². The van der Waals surface area contributed by atoms with Crippen molar-refractivity contribution in [2.45, 2.75) is 45.4 Å². The molecule has 1 amide bonds. The van der Waals surface area contributed by atoms with Gasteiger partial charge in [0.25, 0.3) is 5.91 Å². The third-order valence-corrected chi connectivity index (χ3v) is 7.48. The molecule has 5 rings (SSSR count). The van der Waals surface area contributed by atoms with Gasteiger partial charge in [-0.2, -0.15) is 16.9 Å². The number of fused-ring (bicyclic) bond motifs is 1. The Morgan fingerprint density at radius 3 is 2.59 bits per heavy atom. The lowest BCUT2D eigenvalue weighted by Gasteiger charge is -2.36. The summed E-state index contributed by atoms with van der Waals surface area (Å²) in [5, 5.41) is 7.96. The maximum absolute atomic E-state index is 13.0. The third kappa shape index (κ3) is 4.56. The van der Waals surface area contributed by atoms with Crippen LogP contribution in [0.4, 0.5) is 0 Å². The molecule has 1 N–H and O–H groups in total. The van der Waals surface area contributed by atoms with Crippen molar-refractivity contribution in [1.29, 1.82) is 0 Å². The quantitative estimate of drug-likeness (QED) is 0.586. The van der Waals surface area contributed by atoms with Crippen LogP contribution in [0.15, 0.2) is 60.8 Å². The van der Waals surface area contributed by atoms with Gasteiger partial charge in [0.15, 0.2) is 0 Å². The zero-order valence-corrected chi connectivity index (χ0v) is 19.4. The number of carbonyl (C=O) groups excluding carboxylic acids is 1. The van der Waals surface area contributed by atoms with Crippen LogP contribution in [-0.2, 0) is 13.0 Å². The molecular formula is C26H29N3O2S. The first-order valence-corrected chi connectivity index (χ1v) is 12.4. The van der Waals surface area contributed by atoms with Crippen molar-refractivity contribution in [1.82, 2.24) is 15.1 Å². The van der Waals surface area contributed by atoms with Gasteiger partial charge >= 0.3 is 0 Å². The average molecular weight is 448 g/mol. The summed E-state index contributed by atoms with van der Waals surface area (Å²) in [5.74, 6) is 2.86. The SMILES string of the molecule is CC1(C)Cc2c(cnn2Cc2ccccc2)[C@H](NC(=O)c2ccc(OC3CSC3)cc2)C1. The Labute approximate surface area is 193 Å². The molecule has 166 valence electrons. The van der Waals surface area contributed by atoms with Crippen molar-refractivity contribution in [3.8, 4) is 5.75 Å². The van der Waals surface area contributed by atoms with Crippen LogP contribution in [0.1, 0.15) is 53.5 Å². The number of amides is 1. The van der Waals surface area contributed by atoms with E-state index in [-0.39, 0.29) is 17.4 Å². The van der Waals surface area contributed by atoms with Crippen molar-refractivity contribution in [2.75, 3.05) is 11.5 Å². The van der Waals surface area contributed by atoms with Crippen LogP contribution in [0.3, 0.4) is 0 Å². The standard InChI is InChI=1S/C26H29N3O2S/c1-26(2)12-23(22-14-27-29(24(22)13-26)15-18-6-4-3-5-7-18)28-25(30)19-8-10-20(11-9-19)31-21-16-32-17-21/h3-11,14,21,23H,12-13,15-17H2,1-2H3,(H,28,30)/t23-/m1/s1. The number of thioether (sulfide) groups is 1. The first-order chi connectivity index (χ1) is 15.5. The summed E-state index contributed by atoms with van der Waals surface area (Å²) >= 11 is 1.89. The highest BCUT2D eigenvalue weighted by Gasteiger charge is 2.36. The first-order valence-electron chi connectivity index (χ1n) is 11.2. The zero-order chi connectivity index (χ0) is 22.1. The second-order valence-corrected chi connectivity index (χ2v) is 10.6. The molecule has 3 aromatic rings. The molecule has 0 unspecified atom stereocenters. The summed E-state index contributed by atoms with van der Waals surface area (Å²) in [6.45, 7) is 5.27. The molecule has 2 aromatic carbocycles. The fourth-order valence-corrected chi connectivity index (χ4v) is 5.08. The topological polar surface area (TPSA) is 56.2 Å². The van der Waals surface area contributed by atoms with Gasteiger partial charge in [-0.1, -0.05) is 44.2 Å². The molecule has 2 aliphatic rings. The van der Waals surface area contributed by atoms with E-state index in [1.807, 2.05) is 48.3 Å². The second-order valence-electron chi connectivity index (χ2n) is 9.56. The Kier molecular flexibility index (Phi) is 5.72. The highest BCUT2D eigenvalue weighted by molar-refractivity contribution is 8.00. The molecule has 5 nitrogen and oxygen atoms in total.